The van der Waals surface area contributed by atoms with Gasteiger partial charge in [-0.3, -0.25) is 24.1 Å². The number of likely N-dealkylation sites (tertiary alicyclic amines) is 1. The van der Waals surface area contributed by atoms with E-state index < -0.39 is 24.3 Å². The summed E-state index contributed by atoms with van der Waals surface area (Å²) in [5.41, 5.74) is 1.00. The fraction of sp³-hybridized carbons (Fsp3) is 0.333. The van der Waals surface area contributed by atoms with Crippen LogP contribution in [0.2, 0.25) is 0 Å². The molecule has 2 saturated carbocycles. The Labute approximate surface area is 219 Å². The second kappa shape index (κ2) is 8.32. The van der Waals surface area contributed by atoms with Gasteiger partial charge in [-0.25, -0.2) is 0 Å². The number of fused-ring (bicyclic) bond motifs is 9. The number of hydrogen-bond donors (Lipinski definition) is 2. The number of aliphatic carboxylic acids is 1. The standard InChI is InChI=1S/C27H22N2O6S2/c30-17(31)11-29-25(32)20-15-10-16(21(20)26(29)33)22-19(15)18(23-24(36-22)28-27(34)37-23)12-5-4-8-14(9-12)35-13-6-2-1-3-7-13/h1-9,15-16,18-22H,10-11H2,(H,28,34)(H,30,31)/t15-,16-,18+,19-,20+,21-,22+/m1/s1. The zero-order chi connectivity index (χ0) is 25.4. The van der Waals surface area contributed by atoms with Gasteiger partial charge in [0.25, 0.3) is 0 Å². The number of nitrogens with zero attached hydrogens (tertiary/aromatic N) is 1. The van der Waals surface area contributed by atoms with Crippen molar-refractivity contribution in [1.82, 2.24) is 9.88 Å². The summed E-state index contributed by atoms with van der Waals surface area (Å²) in [6.07, 6.45) is 0.756. The number of carbonyl (C=O) groups is 3. The van der Waals surface area contributed by atoms with Gasteiger partial charge >= 0.3 is 10.8 Å². The predicted octanol–water partition coefficient (Wildman–Crippen LogP) is 3.79. The van der Waals surface area contributed by atoms with Gasteiger partial charge in [0.15, 0.2) is 0 Å². The van der Waals surface area contributed by atoms with Crippen molar-refractivity contribution in [1.29, 1.82) is 0 Å². The Bertz CT molecular complexity index is 1500. The number of aromatic amines is 1. The minimum atomic E-state index is -1.19. The number of thioether (sulfide) groups is 1. The first kappa shape index (κ1) is 22.8. The average molecular weight is 535 g/mol. The minimum absolute atomic E-state index is 0.0388. The van der Waals surface area contributed by atoms with Gasteiger partial charge in [0, 0.05) is 16.0 Å². The molecule has 1 aromatic heterocycles. The van der Waals surface area contributed by atoms with E-state index in [1.807, 2.05) is 54.6 Å². The molecule has 37 heavy (non-hydrogen) atoms. The van der Waals surface area contributed by atoms with Crippen LogP contribution >= 0.6 is 23.1 Å². The normalized spacial score (nSPS) is 31.2. The maximum Gasteiger partial charge on any atom is 0.323 e. The second-order valence-electron chi connectivity index (χ2n) is 10.1. The number of carbonyl (C=O) groups excluding carboxylic acids is 2. The molecule has 2 N–H and O–H groups in total. The smallest absolute Gasteiger partial charge is 0.323 e. The molecule has 1 saturated heterocycles. The van der Waals surface area contributed by atoms with Gasteiger partial charge in [0.05, 0.1) is 16.9 Å². The molecule has 10 heteroatoms. The summed E-state index contributed by atoms with van der Waals surface area (Å²) in [7, 11) is 0. The van der Waals surface area contributed by atoms with Crippen molar-refractivity contribution in [2.45, 2.75) is 22.6 Å². The Hall–Kier alpha value is -3.37. The number of benzene rings is 2. The van der Waals surface area contributed by atoms with E-state index in [0.717, 1.165) is 32.5 Å². The maximum atomic E-state index is 13.3. The lowest BCUT2D eigenvalue weighted by molar-refractivity contribution is -0.149. The number of para-hydroxylation sites is 1. The molecule has 0 radical (unpaired) electrons. The van der Waals surface area contributed by atoms with E-state index in [2.05, 4.69) is 4.98 Å². The number of amides is 2. The van der Waals surface area contributed by atoms with Crippen LogP contribution in [-0.2, 0) is 14.4 Å². The third kappa shape index (κ3) is 3.42. The van der Waals surface area contributed by atoms with E-state index in [1.165, 1.54) is 11.3 Å². The van der Waals surface area contributed by atoms with Gasteiger partial charge in [-0.15, -0.1) is 11.8 Å². The van der Waals surface area contributed by atoms with Crippen molar-refractivity contribution in [3.8, 4) is 11.5 Å². The summed E-state index contributed by atoms with van der Waals surface area (Å²) in [5.74, 6) is -1.66. The molecule has 2 aromatic carbocycles. The average Bonchev–Trinajstić information content (AvgIpc) is 3.60. The quantitative estimate of drug-likeness (QED) is 0.479. The van der Waals surface area contributed by atoms with Gasteiger partial charge in [-0.1, -0.05) is 41.7 Å². The lowest BCUT2D eigenvalue weighted by Crippen LogP contribution is -2.42. The number of imide groups is 1. The third-order valence-electron chi connectivity index (χ3n) is 8.30. The van der Waals surface area contributed by atoms with Gasteiger partial charge in [0.1, 0.15) is 18.0 Å². The molecule has 2 bridgehead atoms. The number of rotatable bonds is 5. The molecule has 7 rings (SSSR count). The molecule has 2 aliphatic heterocycles. The number of ether oxygens (including phenoxy) is 1. The highest BCUT2D eigenvalue weighted by molar-refractivity contribution is 8.00. The van der Waals surface area contributed by atoms with Crippen LogP contribution in [0.1, 0.15) is 22.8 Å². The van der Waals surface area contributed by atoms with Gasteiger partial charge in [-0.2, -0.15) is 0 Å². The molecular formula is C27H22N2O6S2. The van der Waals surface area contributed by atoms with Gasteiger partial charge in [-0.05, 0) is 54.0 Å². The SMILES string of the molecule is O=C(O)CN1C(=O)[C@@H]2[C@H]3C[C@@H]([C@@H]2C1=O)[C@@H]1[C@H](c2cccc(Oc4ccccc4)c2)c2sc(=O)[nH]c2S[C@@H]31. The van der Waals surface area contributed by atoms with Crippen molar-refractivity contribution < 1.29 is 24.2 Å². The number of carboxylic acids is 1. The van der Waals surface area contributed by atoms with Gasteiger partial charge < -0.3 is 14.8 Å². The summed E-state index contributed by atoms with van der Waals surface area (Å²) in [4.78, 5) is 55.0. The lowest BCUT2D eigenvalue weighted by Gasteiger charge is -2.43. The fourth-order valence-electron chi connectivity index (χ4n) is 7.14. The van der Waals surface area contributed by atoms with Gasteiger partial charge in [0.2, 0.25) is 11.8 Å². The minimum Gasteiger partial charge on any atom is -0.480 e. The van der Waals surface area contributed by atoms with Crippen molar-refractivity contribution in [3.63, 3.8) is 0 Å². The van der Waals surface area contributed by atoms with Crippen LogP contribution in [-0.4, -0.2) is 44.6 Å². The molecule has 3 heterocycles. The first-order valence-electron chi connectivity index (χ1n) is 12.2. The van der Waals surface area contributed by atoms with E-state index in [4.69, 9.17) is 4.74 Å². The van der Waals surface area contributed by atoms with E-state index in [-0.39, 0.29) is 45.6 Å². The monoisotopic (exact) mass is 534 g/mol. The van der Waals surface area contributed by atoms with E-state index in [0.29, 0.717) is 5.75 Å². The molecule has 2 aliphatic carbocycles. The number of hydrogen-bond acceptors (Lipinski definition) is 7. The Morgan fingerprint density at radius 2 is 1.73 bits per heavy atom. The van der Waals surface area contributed by atoms with Crippen LogP contribution in [0.15, 0.2) is 64.4 Å². The Balaban J connectivity index is 1.29. The Morgan fingerprint density at radius 1 is 1.00 bits per heavy atom. The van der Waals surface area contributed by atoms with E-state index in [1.54, 1.807) is 11.8 Å². The van der Waals surface area contributed by atoms with Crippen LogP contribution in [0.3, 0.4) is 0 Å². The van der Waals surface area contributed by atoms with Crippen LogP contribution < -0.4 is 9.61 Å². The number of aromatic nitrogens is 1. The molecule has 7 atom stereocenters. The summed E-state index contributed by atoms with van der Waals surface area (Å²) in [5, 5.41) is 10.2. The Morgan fingerprint density at radius 3 is 2.49 bits per heavy atom. The molecule has 2 amide bonds. The third-order valence-corrected chi connectivity index (χ3v) is 10.9. The molecule has 4 aliphatic rings. The maximum absolute atomic E-state index is 13.3. The second-order valence-corrected chi connectivity index (χ2v) is 12.3. The molecule has 8 nitrogen and oxygen atoms in total. The summed E-state index contributed by atoms with van der Waals surface area (Å²) in [6.45, 7) is -0.588. The largest absolute Gasteiger partial charge is 0.480 e. The fourth-order valence-corrected chi connectivity index (χ4v) is 10.0. The summed E-state index contributed by atoms with van der Waals surface area (Å²) in [6, 6.07) is 17.4. The topological polar surface area (TPSA) is 117 Å². The van der Waals surface area contributed by atoms with E-state index in [9.17, 15) is 24.3 Å². The molecule has 0 unspecified atom stereocenters. The van der Waals surface area contributed by atoms with Crippen LogP contribution in [0.4, 0.5) is 0 Å². The first-order chi connectivity index (χ1) is 17.9. The summed E-state index contributed by atoms with van der Waals surface area (Å²) >= 11 is 2.81. The molecular weight excluding hydrogens is 512 g/mol. The number of carboxylic acid groups (broad SMARTS) is 1. The predicted molar refractivity (Wildman–Crippen MR) is 136 cm³/mol. The highest BCUT2D eigenvalue weighted by atomic mass is 32.2. The molecule has 3 fully saturated rings. The van der Waals surface area contributed by atoms with Crippen LogP contribution in [0.5, 0.6) is 11.5 Å². The van der Waals surface area contributed by atoms with Crippen molar-refractivity contribution in [2.75, 3.05) is 6.54 Å². The molecule has 3 aromatic rings. The highest BCUT2D eigenvalue weighted by Gasteiger charge is 2.69. The molecule has 0 spiro atoms. The van der Waals surface area contributed by atoms with Crippen LogP contribution in [0.25, 0.3) is 0 Å². The lowest BCUT2D eigenvalue weighted by atomic mass is 9.68. The first-order valence-corrected chi connectivity index (χ1v) is 13.9. The Kier molecular flexibility index (Phi) is 5.13. The highest BCUT2D eigenvalue weighted by Crippen LogP contribution is 2.68. The van der Waals surface area contributed by atoms with E-state index >= 15 is 0 Å². The number of H-pyrrole nitrogens is 1. The van der Waals surface area contributed by atoms with Crippen molar-refractivity contribution in [2.24, 2.45) is 29.6 Å². The van der Waals surface area contributed by atoms with Crippen LogP contribution in [0, 0.1) is 29.6 Å². The van der Waals surface area contributed by atoms with Crippen molar-refractivity contribution >= 4 is 40.9 Å². The molecule has 188 valence electrons. The zero-order valence-corrected chi connectivity index (χ0v) is 21.0. The summed E-state index contributed by atoms with van der Waals surface area (Å²) < 4.78 is 6.10. The van der Waals surface area contributed by atoms with Crippen molar-refractivity contribution in [3.05, 3.63) is 74.7 Å². The zero-order valence-electron chi connectivity index (χ0n) is 19.4. The number of thiazole rings is 1. The number of nitrogens with one attached hydrogen (secondary N) is 1.